The van der Waals surface area contributed by atoms with Gasteiger partial charge in [-0.2, -0.15) is 0 Å². The molecule has 0 amide bonds. The maximum absolute atomic E-state index is 7.24. The van der Waals surface area contributed by atoms with Gasteiger partial charge in [0.15, 0.2) is 0 Å². The van der Waals surface area contributed by atoms with E-state index in [9.17, 15) is 0 Å². The van der Waals surface area contributed by atoms with Gasteiger partial charge in [-0.05, 0) is 13.1 Å². The second-order valence-electron chi connectivity index (χ2n) is 4.34. The Hall–Kier alpha value is 0.254. The second-order valence-corrected chi connectivity index (χ2v) is 4.34. The van der Waals surface area contributed by atoms with Crippen LogP contribution in [0.25, 0.3) is 11.5 Å². The summed E-state index contributed by atoms with van der Waals surface area (Å²) in [6, 6.07) is 0. The van der Waals surface area contributed by atoms with Gasteiger partial charge in [-0.15, -0.1) is 13.1 Å². The Labute approximate surface area is 107 Å². The summed E-state index contributed by atoms with van der Waals surface area (Å²) in [5, 5.41) is 0. The van der Waals surface area contributed by atoms with E-state index in [-0.39, 0.29) is 16.5 Å². The summed E-state index contributed by atoms with van der Waals surface area (Å²) < 4.78 is 0. The molecule has 2 N–H and O–H groups in total. The van der Waals surface area contributed by atoms with Gasteiger partial charge >= 0.3 is 16.5 Å². The standard InChI is InChI=1S/C9H20N6.Ni/c10-1-3-12-5-14-7-13(4-2-11)8-15(6-12)9-14;/h10-11H,1-9H2;/q-2;+2. The molecule has 2 fully saturated rings. The topological polar surface area (TPSA) is 60.6 Å². The van der Waals surface area contributed by atoms with Crippen molar-refractivity contribution >= 4 is 0 Å². The average Bonchev–Trinajstić information content (AvgIpc) is 2.17. The Morgan fingerprint density at radius 3 is 1.38 bits per heavy atom. The Morgan fingerprint density at radius 2 is 1.06 bits per heavy atom. The van der Waals surface area contributed by atoms with Gasteiger partial charge in [-0.1, -0.05) is 0 Å². The van der Waals surface area contributed by atoms with E-state index in [0.29, 0.717) is 13.1 Å². The van der Waals surface area contributed by atoms with Crippen molar-refractivity contribution in [2.75, 3.05) is 59.5 Å². The average molecular weight is 271 g/mol. The van der Waals surface area contributed by atoms with Gasteiger partial charge in [-0.3, -0.25) is 19.6 Å². The molecule has 6 nitrogen and oxygen atoms in total. The predicted octanol–water partition coefficient (Wildman–Crippen LogP) is 0.111. The number of nitrogens with one attached hydrogen (secondary N) is 2. The zero-order valence-electron chi connectivity index (χ0n) is 9.47. The fourth-order valence-corrected chi connectivity index (χ4v) is 2.37. The van der Waals surface area contributed by atoms with E-state index in [4.69, 9.17) is 11.5 Å². The number of nitrogens with zero attached hydrogens (tertiary/aromatic N) is 4. The van der Waals surface area contributed by atoms with E-state index in [2.05, 4.69) is 19.6 Å². The molecule has 2 heterocycles. The van der Waals surface area contributed by atoms with Gasteiger partial charge in [0.25, 0.3) is 0 Å². The van der Waals surface area contributed by atoms with E-state index in [0.717, 1.165) is 46.4 Å². The zero-order valence-corrected chi connectivity index (χ0v) is 10.5. The molecule has 0 saturated carbocycles. The van der Waals surface area contributed by atoms with Crippen LogP contribution >= 0.6 is 0 Å². The summed E-state index contributed by atoms with van der Waals surface area (Å²) in [4.78, 5) is 9.37. The molecule has 0 unspecified atom stereocenters. The smallest absolute Gasteiger partial charge is 0.676 e. The zero-order chi connectivity index (χ0) is 10.7. The predicted molar refractivity (Wildman–Crippen MR) is 59.8 cm³/mol. The molecule has 0 spiro atoms. The van der Waals surface area contributed by atoms with Crippen LogP contribution in [0.3, 0.4) is 0 Å². The molecule has 0 radical (unpaired) electrons. The third-order valence-corrected chi connectivity index (χ3v) is 2.86. The van der Waals surface area contributed by atoms with Crippen molar-refractivity contribution in [2.45, 2.75) is 0 Å². The first-order chi connectivity index (χ1) is 7.31. The summed E-state index contributed by atoms with van der Waals surface area (Å²) in [6.07, 6.45) is 0. The van der Waals surface area contributed by atoms with Gasteiger partial charge in [-0.25, -0.2) is 0 Å². The minimum Gasteiger partial charge on any atom is -0.676 e. The number of hydrogen-bond donors (Lipinski definition) is 0. The van der Waals surface area contributed by atoms with Crippen molar-refractivity contribution in [3.05, 3.63) is 11.5 Å². The number of hydrogen-bond acceptors (Lipinski definition) is 4. The van der Waals surface area contributed by atoms with Crippen LogP contribution in [0.2, 0.25) is 0 Å². The van der Waals surface area contributed by atoms with Crippen LogP contribution in [-0.4, -0.2) is 79.1 Å². The minimum atomic E-state index is 0. The van der Waals surface area contributed by atoms with E-state index < -0.39 is 0 Å². The van der Waals surface area contributed by atoms with E-state index >= 15 is 0 Å². The first-order valence-corrected chi connectivity index (χ1v) is 5.50. The summed E-state index contributed by atoms with van der Waals surface area (Å²) >= 11 is 0. The first kappa shape index (κ1) is 14.3. The second kappa shape index (κ2) is 6.86. The monoisotopic (exact) mass is 270 g/mol. The van der Waals surface area contributed by atoms with Crippen LogP contribution in [-0.2, 0) is 16.5 Å². The molecule has 2 rings (SSSR count). The van der Waals surface area contributed by atoms with Crippen LogP contribution in [0.5, 0.6) is 0 Å². The third-order valence-electron chi connectivity index (χ3n) is 2.86. The van der Waals surface area contributed by atoms with Crippen molar-refractivity contribution in [3.8, 4) is 0 Å². The van der Waals surface area contributed by atoms with Crippen LogP contribution in [0.15, 0.2) is 0 Å². The summed E-state index contributed by atoms with van der Waals surface area (Å²) in [5.41, 5.74) is 14.5. The van der Waals surface area contributed by atoms with Crippen LogP contribution in [0, 0.1) is 0 Å². The van der Waals surface area contributed by atoms with E-state index in [1.165, 1.54) is 0 Å². The van der Waals surface area contributed by atoms with Crippen LogP contribution in [0.1, 0.15) is 0 Å². The molecular formula is C9H20N6Ni. The molecule has 2 aliphatic rings. The van der Waals surface area contributed by atoms with Crippen molar-refractivity contribution in [1.82, 2.24) is 19.6 Å². The quantitative estimate of drug-likeness (QED) is 0.681. The van der Waals surface area contributed by atoms with Gasteiger partial charge < -0.3 is 11.5 Å². The SMILES string of the molecule is [NH-]CCN1CN2CN(CC[NH-])CN(C1)C2.[Ni+2]. The summed E-state index contributed by atoms with van der Waals surface area (Å²) in [6.45, 7) is 7.65. The minimum absolute atomic E-state index is 0. The van der Waals surface area contributed by atoms with E-state index in [1.807, 2.05) is 0 Å². The molecule has 96 valence electrons. The maximum Gasteiger partial charge on any atom is 2.00 e. The molecule has 16 heavy (non-hydrogen) atoms. The van der Waals surface area contributed by atoms with Crippen molar-refractivity contribution < 1.29 is 16.5 Å². The van der Waals surface area contributed by atoms with Crippen molar-refractivity contribution in [3.63, 3.8) is 0 Å². The van der Waals surface area contributed by atoms with Crippen LogP contribution < -0.4 is 0 Å². The van der Waals surface area contributed by atoms with Gasteiger partial charge in [0.2, 0.25) is 0 Å². The van der Waals surface area contributed by atoms with E-state index in [1.54, 1.807) is 0 Å². The molecule has 0 aliphatic carbocycles. The Balaban J connectivity index is 0.00000128. The van der Waals surface area contributed by atoms with Crippen molar-refractivity contribution in [1.29, 1.82) is 0 Å². The maximum atomic E-state index is 7.24. The molecule has 2 aliphatic heterocycles. The Kier molecular flexibility index (Phi) is 6.14. The van der Waals surface area contributed by atoms with Gasteiger partial charge in [0, 0.05) is 0 Å². The molecule has 0 aromatic heterocycles. The molecule has 0 aromatic carbocycles. The van der Waals surface area contributed by atoms with Gasteiger partial charge in [0.05, 0.1) is 33.3 Å². The summed E-state index contributed by atoms with van der Waals surface area (Å²) in [5.74, 6) is 0. The normalized spacial score (nSPS) is 31.1. The largest absolute Gasteiger partial charge is 2.00 e. The fourth-order valence-electron chi connectivity index (χ4n) is 2.37. The number of fused-ring (bicyclic) bond motifs is 2. The summed E-state index contributed by atoms with van der Waals surface area (Å²) in [7, 11) is 0. The fraction of sp³-hybridized carbons (Fsp3) is 1.00. The molecule has 7 heteroatoms. The van der Waals surface area contributed by atoms with Crippen LogP contribution in [0.4, 0.5) is 0 Å². The van der Waals surface area contributed by atoms with Gasteiger partial charge in [0.1, 0.15) is 0 Å². The molecule has 2 bridgehead atoms. The third kappa shape index (κ3) is 3.63. The number of rotatable bonds is 4. The molecule has 0 aromatic rings. The first-order valence-electron chi connectivity index (χ1n) is 5.50. The van der Waals surface area contributed by atoms with Crippen molar-refractivity contribution in [2.24, 2.45) is 0 Å². The molecular weight excluding hydrogens is 251 g/mol. The Morgan fingerprint density at radius 1 is 0.688 bits per heavy atom. The molecule has 2 saturated heterocycles. The Bertz CT molecular complexity index is 172. The molecule has 0 atom stereocenters.